The third kappa shape index (κ3) is 4.21. The van der Waals surface area contributed by atoms with Gasteiger partial charge in [-0.1, -0.05) is 25.1 Å². The lowest BCUT2D eigenvalue weighted by Crippen LogP contribution is -2.08. The largest absolute Gasteiger partial charge is 0.491 e. The van der Waals surface area contributed by atoms with Gasteiger partial charge < -0.3 is 14.6 Å². The number of aliphatic hydroxyl groups excluding tert-OH is 1. The summed E-state index contributed by atoms with van der Waals surface area (Å²) in [6, 6.07) is 7.52. The smallest absolute Gasteiger partial charge is 0.125 e. The Morgan fingerprint density at radius 3 is 2.62 bits per heavy atom. The van der Waals surface area contributed by atoms with Gasteiger partial charge in [-0.3, -0.25) is 0 Å². The van der Waals surface area contributed by atoms with E-state index in [1.807, 2.05) is 24.3 Å². The van der Waals surface area contributed by atoms with Gasteiger partial charge in [0.2, 0.25) is 0 Å². The van der Waals surface area contributed by atoms with Crippen molar-refractivity contribution >= 4 is 0 Å². The molecule has 1 atom stereocenters. The van der Waals surface area contributed by atoms with E-state index in [1.165, 1.54) is 0 Å². The van der Waals surface area contributed by atoms with Crippen LogP contribution in [0.2, 0.25) is 0 Å². The summed E-state index contributed by atoms with van der Waals surface area (Å²) in [5.74, 6) is 0.734. The van der Waals surface area contributed by atoms with Crippen molar-refractivity contribution in [1.29, 1.82) is 0 Å². The zero-order valence-corrected chi connectivity index (χ0v) is 9.98. The SMILES string of the molecule is CCCOCCOc1ccccc1[C@H](C)O. The normalized spacial score (nSPS) is 12.4. The van der Waals surface area contributed by atoms with E-state index in [1.54, 1.807) is 6.92 Å². The van der Waals surface area contributed by atoms with Crippen molar-refractivity contribution in [2.24, 2.45) is 0 Å². The van der Waals surface area contributed by atoms with Crippen LogP contribution in [0.3, 0.4) is 0 Å². The molecule has 1 rings (SSSR count). The number of hydrogen-bond acceptors (Lipinski definition) is 3. The van der Waals surface area contributed by atoms with E-state index in [4.69, 9.17) is 9.47 Å². The molecular formula is C13H20O3. The highest BCUT2D eigenvalue weighted by Gasteiger charge is 2.07. The molecule has 0 saturated heterocycles. The van der Waals surface area contributed by atoms with Gasteiger partial charge in [0.25, 0.3) is 0 Å². The molecule has 3 heteroatoms. The molecule has 0 aliphatic carbocycles. The van der Waals surface area contributed by atoms with Crippen molar-refractivity contribution in [3.63, 3.8) is 0 Å². The van der Waals surface area contributed by atoms with Crippen LogP contribution in [0.5, 0.6) is 5.75 Å². The average molecular weight is 224 g/mol. The van der Waals surface area contributed by atoms with Gasteiger partial charge in [-0.25, -0.2) is 0 Å². The maximum atomic E-state index is 9.53. The zero-order chi connectivity index (χ0) is 11.8. The topological polar surface area (TPSA) is 38.7 Å². The third-order valence-corrected chi connectivity index (χ3v) is 2.20. The number of hydrogen-bond donors (Lipinski definition) is 1. The minimum atomic E-state index is -0.507. The molecule has 0 heterocycles. The van der Waals surface area contributed by atoms with Gasteiger partial charge in [-0.05, 0) is 19.4 Å². The van der Waals surface area contributed by atoms with Gasteiger partial charge >= 0.3 is 0 Å². The molecule has 0 saturated carbocycles. The van der Waals surface area contributed by atoms with Crippen molar-refractivity contribution in [1.82, 2.24) is 0 Å². The number of aliphatic hydroxyl groups is 1. The molecule has 0 fully saturated rings. The van der Waals surface area contributed by atoms with Gasteiger partial charge in [0.05, 0.1) is 12.7 Å². The highest BCUT2D eigenvalue weighted by atomic mass is 16.5. The second-order valence-electron chi connectivity index (χ2n) is 3.67. The lowest BCUT2D eigenvalue weighted by atomic mass is 10.1. The van der Waals surface area contributed by atoms with E-state index in [-0.39, 0.29) is 0 Å². The Labute approximate surface area is 97.0 Å². The molecular weight excluding hydrogens is 204 g/mol. The fourth-order valence-electron chi connectivity index (χ4n) is 1.41. The molecule has 1 aromatic carbocycles. The summed E-state index contributed by atoms with van der Waals surface area (Å²) in [6.07, 6.45) is 0.511. The second kappa shape index (κ2) is 7.25. The van der Waals surface area contributed by atoms with Crippen LogP contribution in [0.1, 0.15) is 31.9 Å². The highest BCUT2D eigenvalue weighted by Crippen LogP contribution is 2.24. The second-order valence-corrected chi connectivity index (χ2v) is 3.67. The van der Waals surface area contributed by atoms with Crippen LogP contribution in [0, 0.1) is 0 Å². The van der Waals surface area contributed by atoms with E-state index in [0.717, 1.165) is 24.3 Å². The van der Waals surface area contributed by atoms with Crippen molar-refractivity contribution in [2.45, 2.75) is 26.4 Å². The molecule has 0 amide bonds. The molecule has 1 aromatic rings. The number of para-hydroxylation sites is 1. The standard InChI is InChI=1S/C13H20O3/c1-3-8-15-9-10-16-13-7-5-4-6-12(13)11(2)14/h4-7,11,14H,3,8-10H2,1-2H3/t11-/m0/s1. The van der Waals surface area contributed by atoms with E-state index in [9.17, 15) is 5.11 Å². The Hall–Kier alpha value is -1.06. The molecule has 90 valence electrons. The van der Waals surface area contributed by atoms with Crippen molar-refractivity contribution in [3.05, 3.63) is 29.8 Å². The Morgan fingerprint density at radius 2 is 1.94 bits per heavy atom. The molecule has 0 unspecified atom stereocenters. The monoisotopic (exact) mass is 224 g/mol. The first kappa shape index (κ1) is 13.0. The molecule has 16 heavy (non-hydrogen) atoms. The van der Waals surface area contributed by atoms with Crippen molar-refractivity contribution in [3.8, 4) is 5.75 Å². The quantitative estimate of drug-likeness (QED) is 0.723. The van der Waals surface area contributed by atoms with Crippen LogP contribution in [0.15, 0.2) is 24.3 Å². The summed E-state index contributed by atoms with van der Waals surface area (Å²) < 4.78 is 10.9. The maximum absolute atomic E-state index is 9.53. The molecule has 3 nitrogen and oxygen atoms in total. The van der Waals surface area contributed by atoms with Crippen LogP contribution in [-0.2, 0) is 4.74 Å². The van der Waals surface area contributed by atoms with Crippen LogP contribution in [0.4, 0.5) is 0 Å². The minimum absolute atomic E-state index is 0.507. The molecule has 0 aliphatic rings. The third-order valence-electron chi connectivity index (χ3n) is 2.20. The predicted octanol–water partition coefficient (Wildman–Crippen LogP) is 2.55. The van der Waals surface area contributed by atoms with E-state index < -0.39 is 6.10 Å². The van der Waals surface area contributed by atoms with Gasteiger partial charge in [-0.2, -0.15) is 0 Å². The van der Waals surface area contributed by atoms with E-state index in [0.29, 0.717) is 13.2 Å². The highest BCUT2D eigenvalue weighted by molar-refractivity contribution is 5.34. The Balaban J connectivity index is 2.41. The minimum Gasteiger partial charge on any atom is -0.491 e. The Morgan fingerprint density at radius 1 is 1.19 bits per heavy atom. The summed E-state index contributed by atoms with van der Waals surface area (Å²) >= 11 is 0. The van der Waals surface area contributed by atoms with Crippen molar-refractivity contribution < 1.29 is 14.6 Å². The molecule has 0 aliphatic heterocycles. The predicted molar refractivity (Wildman–Crippen MR) is 63.7 cm³/mol. The molecule has 1 N–H and O–H groups in total. The average Bonchev–Trinajstić information content (AvgIpc) is 2.29. The summed E-state index contributed by atoms with van der Waals surface area (Å²) in [5, 5.41) is 9.53. The summed E-state index contributed by atoms with van der Waals surface area (Å²) in [4.78, 5) is 0. The lowest BCUT2D eigenvalue weighted by Gasteiger charge is -2.13. The van der Waals surface area contributed by atoms with E-state index >= 15 is 0 Å². The number of rotatable bonds is 7. The van der Waals surface area contributed by atoms with Crippen molar-refractivity contribution in [2.75, 3.05) is 19.8 Å². The molecule has 0 bridgehead atoms. The summed E-state index contributed by atoms with van der Waals surface area (Å²) in [5.41, 5.74) is 0.818. The van der Waals surface area contributed by atoms with Crippen LogP contribution >= 0.6 is 0 Å². The van der Waals surface area contributed by atoms with Crippen LogP contribution < -0.4 is 4.74 Å². The number of benzene rings is 1. The lowest BCUT2D eigenvalue weighted by molar-refractivity contribution is 0.0986. The molecule has 0 spiro atoms. The fourth-order valence-corrected chi connectivity index (χ4v) is 1.41. The first-order valence-corrected chi connectivity index (χ1v) is 5.73. The summed E-state index contributed by atoms with van der Waals surface area (Å²) in [6.45, 7) is 5.67. The molecule has 0 radical (unpaired) electrons. The number of ether oxygens (including phenoxy) is 2. The Kier molecular flexibility index (Phi) is 5.90. The van der Waals surface area contributed by atoms with Gasteiger partial charge in [0, 0.05) is 12.2 Å². The first-order chi connectivity index (χ1) is 7.75. The van der Waals surface area contributed by atoms with Gasteiger partial charge in [0.15, 0.2) is 0 Å². The maximum Gasteiger partial charge on any atom is 0.125 e. The summed E-state index contributed by atoms with van der Waals surface area (Å²) in [7, 11) is 0. The fraction of sp³-hybridized carbons (Fsp3) is 0.538. The Bertz CT molecular complexity index is 297. The first-order valence-electron chi connectivity index (χ1n) is 5.73. The van der Waals surface area contributed by atoms with E-state index in [2.05, 4.69) is 6.92 Å². The molecule has 0 aromatic heterocycles. The zero-order valence-electron chi connectivity index (χ0n) is 9.98. The van der Waals surface area contributed by atoms with Crippen LogP contribution in [0.25, 0.3) is 0 Å². The van der Waals surface area contributed by atoms with Gasteiger partial charge in [-0.15, -0.1) is 0 Å². The van der Waals surface area contributed by atoms with Crippen LogP contribution in [-0.4, -0.2) is 24.9 Å². The van der Waals surface area contributed by atoms with Gasteiger partial charge in [0.1, 0.15) is 12.4 Å².